The summed E-state index contributed by atoms with van der Waals surface area (Å²) in [6, 6.07) is 14.1. The molecule has 1 aliphatic heterocycles. The van der Waals surface area contributed by atoms with Crippen molar-refractivity contribution in [2.24, 2.45) is 0 Å². The largest absolute Gasteiger partial charge is 0.394 e. The van der Waals surface area contributed by atoms with E-state index in [2.05, 4.69) is 10.0 Å². The Morgan fingerprint density at radius 3 is 2.52 bits per heavy atom. The maximum atomic E-state index is 13.8. The SMILES string of the molecule is O=C(N[C@H]1CC[C@H](CCNS(=O)(=O)Cc2ccccc2)O[C@@H]1CO)c1ccccc1F. The average molecular weight is 451 g/mol. The molecule has 1 aliphatic rings. The van der Waals surface area contributed by atoms with Crippen LogP contribution in [0.2, 0.25) is 0 Å². The zero-order valence-electron chi connectivity index (χ0n) is 17.0. The summed E-state index contributed by atoms with van der Waals surface area (Å²) >= 11 is 0. The average Bonchev–Trinajstić information content (AvgIpc) is 2.75. The second-order valence-corrected chi connectivity index (χ2v) is 9.35. The summed E-state index contributed by atoms with van der Waals surface area (Å²) in [5.41, 5.74) is 0.645. The topological polar surface area (TPSA) is 105 Å². The van der Waals surface area contributed by atoms with Crippen LogP contribution in [0.4, 0.5) is 4.39 Å². The van der Waals surface area contributed by atoms with Crippen molar-refractivity contribution in [3.8, 4) is 0 Å². The Morgan fingerprint density at radius 1 is 1.10 bits per heavy atom. The van der Waals surface area contributed by atoms with Gasteiger partial charge in [0.05, 0.1) is 30.1 Å². The molecular formula is C22H27FN2O5S. The lowest BCUT2D eigenvalue weighted by atomic mass is 9.96. The number of aliphatic hydroxyl groups excluding tert-OH is 1. The highest BCUT2D eigenvalue weighted by Gasteiger charge is 2.32. The number of halogens is 1. The van der Waals surface area contributed by atoms with Crippen molar-refractivity contribution >= 4 is 15.9 Å². The fraction of sp³-hybridized carbons (Fsp3) is 0.409. The third-order valence-electron chi connectivity index (χ3n) is 5.22. The first-order valence-corrected chi connectivity index (χ1v) is 11.9. The van der Waals surface area contributed by atoms with Gasteiger partial charge in [0.2, 0.25) is 10.0 Å². The summed E-state index contributed by atoms with van der Waals surface area (Å²) in [6.07, 6.45) is 0.665. The molecule has 0 unspecified atom stereocenters. The molecule has 168 valence electrons. The Bertz CT molecular complexity index is 971. The van der Waals surface area contributed by atoms with Gasteiger partial charge in [-0.15, -0.1) is 0 Å². The van der Waals surface area contributed by atoms with Gasteiger partial charge in [0.25, 0.3) is 5.91 Å². The number of hydrogen-bond donors (Lipinski definition) is 3. The molecule has 9 heteroatoms. The number of hydrogen-bond acceptors (Lipinski definition) is 5. The Kier molecular flexibility index (Phi) is 8.14. The number of aliphatic hydroxyl groups is 1. The van der Waals surface area contributed by atoms with Crippen molar-refractivity contribution in [1.82, 2.24) is 10.0 Å². The predicted octanol–water partition coefficient (Wildman–Crippen LogP) is 1.97. The van der Waals surface area contributed by atoms with Crippen molar-refractivity contribution in [1.29, 1.82) is 0 Å². The van der Waals surface area contributed by atoms with Gasteiger partial charge in [0.15, 0.2) is 0 Å². The number of carbonyl (C=O) groups excluding carboxylic acids is 1. The lowest BCUT2D eigenvalue weighted by molar-refractivity contribution is -0.0891. The van der Waals surface area contributed by atoms with Crippen LogP contribution in [0.3, 0.4) is 0 Å². The third kappa shape index (κ3) is 6.83. The van der Waals surface area contributed by atoms with Crippen LogP contribution < -0.4 is 10.0 Å². The molecule has 3 atom stereocenters. The van der Waals surface area contributed by atoms with Crippen LogP contribution in [0.1, 0.15) is 35.2 Å². The first-order valence-electron chi connectivity index (χ1n) is 10.2. The summed E-state index contributed by atoms with van der Waals surface area (Å²) < 4.78 is 46.7. The third-order valence-corrected chi connectivity index (χ3v) is 6.58. The molecule has 0 aliphatic carbocycles. The standard InChI is InChI=1S/C22H27FN2O5S/c23-19-9-5-4-8-18(19)22(27)25-20-11-10-17(30-21(20)14-26)12-13-24-31(28,29)15-16-6-2-1-3-7-16/h1-9,17,20-21,24,26H,10-15H2,(H,25,27)/t17-,20+,21-/m1/s1. The van der Waals surface area contributed by atoms with E-state index in [0.717, 1.165) is 0 Å². The van der Waals surface area contributed by atoms with Gasteiger partial charge in [-0.1, -0.05) is 42.5 Å². The second kappa shape index (κ2) is 10.8. The molecule has 1 fully saturated rings. The molecule has 1 heterocycles. The number of rotatable bonds is 9. The van der Waals surface area contributed by atoms with Gasteiger partial charge in [-0.25, -0.2) is 17.5 Å². The van der Waals surface area contributed by atoms with Crippen molar-refractivity contribution in [3.05, 3.63) is 71.5 Å². The maximum absolute atomic E-state index is 13.8. The van der Waals surface area contributed by atoms with E-state index in [0.29, 0.717) is 24.8 Å². The van der Waals surface area contributed by atoms with Crippen molar-refractivity contribution in [3.63, 3.8) is 0 Å². The molecule has 1 saturated heterocycles. The number of ether oxygens (including phenoxy) is 1. The van der Waals surface area contributed by atoms with E-state index in [9.17, 15) is 22.7 Å². The second-order valence-electron chi connectivity index (χ2n) is 7.54. The van der Waals surface area contributed by atoms with Crippen LogP contribution >= 0.6 is 0 Å². The van der Waals surface area contributed by atoms with E-state index >= 15 is 0 Å². The van der Waals surface area contributed by atoms with Crippen LogP contribution in [-0.4, -0.2) is 50.8 Å². The summed E-state index contributed by atoms with van der Waals surface area (Å²) in [5.74, 6) is -1.27. The van der Waals surface area contributed by atoms with Crippen molar-refractivity contribution in [2.75, 3.05) is 13.2 Å². The fourth-order valence-electron chi connectivity index (χ4n) is 3.62. The highest BCUT2D eigenvalue weighted by atomic mass is 32.2. The molecule has 1 amide bonds. The van der Waals surface area contributed by atoms with Crippen LogP contribution in [0.25, 0.3) is 0 Å². The van der Waals surface area contributed by atoms with Gasteiger partial charge in [-0.3, -0.25) is 4.79 Å². The van der Waals surface area contributed by atoms with Crippen LogP contribution in [0.15, 0.2) is 54.6 Å². The molecule has 0 spiro atoms. The molecule has 3 N–H and O–H groups in total. The van der Waals surface area contributed by atoms with Crippen molar-refractivity contribution in [2.45, 2.75) is 43.3 Å². The number of nitrogens with one attached hydrogen (secondary N) is 2. The lowest BCUT2D eigenvalue weighted by Gasteiger charge is -2.36. The molecule has 0 aromatic heterocycles. The number of sulfonamides is 1. The Labute approximate surface area is 181 Å². The van der Waals surface area contributed by atoms with Crippen LogP contribution in [0.5, 0.6) is 0 Å². The molecule has 2 aromatic carbocycles. The minimum Gasteiger partial charge on any atom is -0.394 e. The molecule has 2 aromatic rings. The maximum Gasteiger partial charge on any atom is 0.254 e. The van der Waals surface area contributed by atoms with E-state index < -0.39 is 33.9 Å². The minimum atomic E-state index is -3.46. The predicted molar refractivity (Wildman–Crippen MR) is 114 cm³/mol. The highest BCUT2D eigenvalue weighted by molar-refractivity contribution is 7.88. The molecule has 0 radical (unpaired) electrons. The van der Waals surface area contributed by atoms with Crippen LogP contribution in [-0.2, 0) is 20.5 Å². The van der Waals surface area contributed by atoms with E-state index in [1.807, 2.05) is 6.07 Å². The smallest absolute Gasteiger partial charge is 0.254 e. The molecular weight excluding hydrogens is 423 g/mol. The van der Waals surface area contributed by atoms with Gasteiger partial charge < -0.3 is 15.2 Å². The van der Waals surface area contributed by atoms with Gasteiger partial charge in [0.1, 0.15) is 11.9 Å². The molecule has 0 saturated carbocycles. The summed E-state index contributed by atoms with van der Waals surface area (Å²) in [5, 5.41) is 12.4. The molecule has 3 rings (SSSR count). The zero-order chi connectivity index (χ0) is 22.3. The number of carbonyl (C=O) groups is 1. The summed E-state index contributed by atoms with van der Waals surface area (Å²) in [4.78, 5) is 12.3. The Hall–Kier alpha value is -2.33. The summed E-state index contributed by atoms with van der Waals surface area (Å²) in [6.45, 7) is -0.0946. The normalized spacial score (nSPS) is 21.5. The quantitative estimate of drug-likeness (QED) is 0.542. The summed E-state index contributed by atoms with van der Waals surface area (Å²) in [7, 11) is -3.46. The lowest BCUT2D eigenvalue weighted by Crippen LogP contribution is -2.51. The van der Waals surface area contributed by atoms with Gasteiger partial charge in [0, 0.05) is 6.54 Å². The van der Waals surface area contributed by atoms with Gasteiger partial charge in [-0.2, -0.15) is 0 Å². The molecule has 7 nitrogen and oxygen atoms in total. The monoisotopic (exact) mass is 450 g/mol. The molecule has 0 bridgehead atoms. The highest BCUT2D eigenvalue weighted by Crippen LogP contribution is 2.22. The van der Waals surface area contributed by atoms with Crippen molar-refractivity contribution < 1.29 is 27.4 Å². The van der Waals surface area contributed by atoms with E-state index in [-0.39, 0.29) is 30.6 Å². The Balaban J connectivity index is 1.47. The minimum absolute atomic E-state index is 0.0610. The number of amides is 1. The Morgan fingerprint density at radius 2 is 1.81 bits per heavy atom. The van der Waals surface area contributed by atoms with Crippen LogP contribution in [0, 0.1) is 5.82 Å². The van der Waals surface area contributed by atoms with E-state index in [1.165, 1.54) is 18.2 Å². The molecule has 31 heavy (non-hydrogen) atoms. The zero-order valence-corrected chi connectivity index (χ0v) is 17.9. The van der Waals surface area contributed by atoms with Gasteiger partial charge >= 0.3 is 0 Å². The van der Waals surface area contributed by atoms with Gasteiger partial charge in [-0.05, 0) is 37.0 Å². The fourth-order valence-corrected chi connectivity index (χ4v) is 4.78. The van der Waals surface area contributed by atoms with E-state index in [1.54, 1.807) is 30.3 Å². The number of benzene rings is 2. The first kappa shape index (κ1) is 23.3. The van der Waals surface area contributed by atoms with E-state index in [4.69, 9.17) is 4.74 Å². The first-order chi connectivity index (χ1) is 14.9.